The summed E-state index contributed by atoms with van der Waals surface area (Å²) in [6, 6.07) is 0. The van der Waals surface area contributed by atoms with Crippen LogP contribution in [-0.2, 0) is 4.84 Å². The van der Waals surface area contributed by atoms with Gasteiger partial charge in [0.05, 0.1) is 0 Å². The Morgan fingerprint density at radius 3 is 2.67 bits per heavy atom. The third-order valence-electron chi connectivity index (χ3n) is 0.393. The summed E-state index contributed by atoms with van der Waals surface area (Å²) >= 11 is 0. The first kappa shape index (κ1) is 5.50. The molecule has 0 aliphatic rings. The van der Waals surface area contributed by atoms with Gasteiger partial charge < -0.3 is 4.84 Å². The molecule has 0 aliphatic carbocycles. The quantitative estimate of drug-likeness (QED) is 0.362. The van der Waals surface area contributed by atoms with Gasteiger partial charge in [0.2, 0.25) is 0 Å². The van der Waals surface area contributed by atoms with Crippen LogP contribution in [0, 0.1) is 0 Å². The zero-order valence-corrected chi connectivity index (χ0v) is 3.72. The van der Waals surface area contributed by atoms with Gasteiger partial charge in [-0.05, 0) is 12.5 Å². The highest BCUT2D eigenvalue weighted by molar-refractivity contribution is 4.68. The van der Waals surface area contributed by atoms with Crippen molar-refractivity contribution in [1.82, 2.24) is 5.90 Å². The fourth-order valence-corrected chi connectivity index (χ4v) is 0.139. The van der Waals surface area contributed by atoms with Crippen molar-refractivity contribution in [2.75, 3.05) is 0 Å². The first-order valence-electron chi connectivity index (χ1n) is 1.87. The molecule has 0 aliphatic heterocycles. The molecule has 0 aromatic heterocycles. The summed E-state index contributed by atoms with van der Waals surface area (Å²) in [5.41, 5.74) is 0. The third-order valence-corrected chi connectivity index (χ3v) is 0.393. The van der Waals surface area contributed by atoms with Crippen LogP contribution in [0.5, 0.6) is 0 Å². The van der Waals surface area contributed by atoms with E-state index in [0.717, 1.165) is 6.42 Å². The number of hydrogen-bond acceptors (Lipinski definition) is 1. The van der Waals surface area contributed by atoms with Gasteiger partial charge in [-0.25, -0.2) is 0 Å². The van der Waals surface area contributed by atoms with Gasteiger partial charge in [-0.15, -0.1) is 0 Å². The Morgan fingerprint density at radius 1 is 1.83 bits per heavy atom. The summed E-state index contributed by atoms with van der Waals surface area (Å²) in [7, 11) is 0. The van der Waals surface area contributed by atoms with E-state index in [4.69, 9.17) is 5.90 Å². The maximum absolute atomic E-state index is 7.61. The molecule has 0 amide bonds. The minimum Gasteiger partial charge on any atom is -0.376 e. The minimum absolute atomic E-state index is 0.889. The maximum atomic E-state index is 7.61. The molecule has 0 atom stereocenters. The van der Waals surface area contributed by atoms with Gasteiger partial charge in [0.25, 0.3) is 0 Å². The molecule has 0 heterocycles. The van der Waals surface area contributed by atoms with Crippen molar-refractivity contribution in [2.24, 2.45) is 0 Å². The Hall–Kier alpha value is -0.500. The van der Waals surface area contributed by atoms with E-state index >= 15 is 0 Å². The highest BCUT2D eigenvalue weighted by Gasteiger charge is 1.61. The third kappa shape index (κ3) is 3.50. The summed E-state index contributed by atoms with van der Waals surface area (Å²) in [5.74, 6) is 7.61. The van der Waals surface area contributed by atoms with Crippen LogP contribution in [0.3, 0.4) is 0 Å². The summed E-state index contributed by atoms with van der Waals surface area (Å²) in [4.78, 5) is 3.60. The van der Waals surface area contributed by atoms with Gasteiger partial charge >= 0.3 is 0 Å². The smallest absolute Gasteiger partial charge is 0.111 e. The Balaban J connectivity index is 2.73. The van der Waals surface area contributed by atoms with Gasteiger partial charge in [0.15, 0.2) is 0 Å². The average molecular weight is 85.1 g/mol. The van der Waals surface area contributed by atoms with Gasteiger partial charge in [0, 0.05) is 0 Å². The molecule has 0 aromatic carbocycles. The standard InChI is InChI=1S/C4H7NO/c1-2-3-4-6-5/h3-4H,2H2,1H3. The van der Waals surface area contributed by atoms with Gasteiger partial charge in [-0.3, -0.25) is 0 Å². The number of hydrogen-bond donors (Lipinski definition) is 0. The second kappa shape index (κ2) is 4.50. The van der Waals surface area contributed by atoms with Crippen LogP contribution in [0.4, 0.5) is 0 Å². The highest BCUT2D eigenvalue weighted by Crippen LogP contribution is 1.75. The summed E-state index contributed by atoms with van der Waals surface area (Å²) < 4.78 is 0. The van der Waals surface area contributed by atoms with E-state index in [0.29, 0.717) is 0 Å². The molecule has 6 heavy (non-hydrogen) atoms. The van der Waals surface area contributed by atoms with Crippen molar-refractivity contribution < 1.29 is 4.84 Å². The topological polar surface area (TPSA) is 31.5 Å². The average Bonchev–Trinajstić information content (AvgIpc) is 1.61. The zero-order valence-electron chi connectivity index (χ0n) is 3.72. The van der Waals surface area contributed by atoms with Crippen LogP contribution >= 0.6 is 0 Å². The van der Waals surface area contributed by atoms with Crippen molar-refractivity contribution in [3.8, 4) is 0 Å². The van der Waals surface area contributed by atoms with Crippen molar-refractivity contribution in [3.63, 3.8) is 0 Å². The van der Waals surface area contributed by atoms with Gasteiger partial charge in [0.1, 0.15) is 12.2 Å². The molecule has 0 bridgehead atoms. The van der Waals surface area contributed by atoms with Crippen LogP contribution < -0.4 is 5.90 Å². The molecule has 0 N–H and O–H groups in total. The predicted octanol–water partition coefficient (Wildman–Crippen LogP) is 0.910. The van der Waals surface area contributed by atoms with Crippen LogP contribution in [-0.4, -0.2) is 0 Å². The molecule has 0 spiro atoms. The molecule has 0 unspecified atom stereocenters. The zero-order chi connectivity index (χ0) is 4.83. The monoisotopic (exact) mass is 85.1 g/mol. The van der Waals surface area contributed by atoms with Crippen LogP contribution in [0.25, 0.3) is 0 Å². The Morgan fingerprint density at radius 2 is 2.50 bits per heavy atom. The summed E-state index contributed by atoms with van der Waals surface area (Å²) in [6.45, 7) is 1.95. The lowest BCUT2D eigenvalue weighted by Gasteiger charge is -1.74. The van der Waals surface area contributed by atoms with Gasteiger partial charge in [-0.1, -0.05) is 6.92 Å². The van der Waals surface area contributed by atoms with Crippen molar-refractivity contribution in [1.29, 1.82) is 0 Å². The molecule has 2 heteroatoms. The van der Waals surface area contributed by atoms with Crippen molar-refractivity contribution in [2.45, 2.75) is 13.3 Å². The number of allylic oxidation sites excluding steroid dienone is 1. The molecule has 34 valence electrons. The van der Waals surface area contributed by atoms with E-state index in [1.54, 1.807) is 6.08 Å². The van der Waals surface area contributed by atoms with E-state index in [-0.39, 0.29) is 0 Å². The molecule has 0 saturated carbocycles. The highest BCUT2D eigenvalue weighted by atomic mass is 16.6. The summed E-state index contributed by atoms with van der Waals surface area (Å²) in [5, 5.41) is 0. The molecular formula is C4H7NO. The van der Waals surface area contributed by atoms with Crippen molar-refractivity contribution in [3.05, 3.63) is 12.3 Å². The second-order valence-electron chi connectivity index (χ2n) is 0.885. The number of rotatable bonds is 2. The SMILES string of the molecule is CCC=CO[N]. The van der Waals surface area contributed by atoms with E-state index in [1.807, 2.05) is 6.92 Å². The lowest BCUT2D eigenvalue weighted by Crippen LogP contribution is -1.66. The molecule has 2 nitrogen and oxygen atoms in total. The minimum atomic E-state index is 0.889. The lowest BCUT2D eigenvalue weighted by atomic mass is 10.5. The fraction of sp³-hybridized carbons (Fsp3) is 0.500. The Labute approximate surface area is 37.6 Å². The predicted molar refractivity (Wildman–Crippen MR) is 22.6 cm³/mol. The second-order valence-corrected chi connectivity index (χ2v) is 0.885. The van der Waals surface area contributed by atoms with Crippen LogP contribution in [0.1, 0.15) is 13.3 Å². The van der Waals surface area contributed by atoms with Crippen molar-refractivity contribution >= 4 is 0 Å². The Kier molecular flexibility index (Phi) is 4.12. The fourth-order valence-electron chi connectivity index (χ4n) is 0.139. The van der Waals surface area contributed by atoms with Crippen LogP contribution in [0.15, 0.2) is 12.3 Å². The first-order chi connectivity index (χ1) is 2.91. The number of nitrogens with zero attached hydrogens (tertiary/aromatic N) is 1. The molecular weight excluding hydrogens is 78.0 g/mol. The normalized spacial score (nSPS) is 9.67. The molecule has 0 fully saturated rings. The summed E-state index contributed by atoms with van der Waals surface area (Å²) in [6.07, 6.45) is 3.83. The van der Waals surface area contributed by atoms with E-state index in [2.05, 4.69) is 4.84 Å². The van der Waals surface area contributed by atoms with Gasteiger partial charge in [-0.2, -0.15) is 0 Å². The first-order valence-corrected chi connectivity index (χ1v) is 1.87. The molecule has 0 rings (SSSR count). The molecule has 0 saturated heterocycles. The molecule has 0 aromatic rings. The lowest BCUT2D eigenvalue weighted by molar-refractivity contribution is 0.236. The van der Waals surface area contributed by atoms with E-state index < -0.39 is 0 Å². The maximum Gasteiger partial charge on any atom is 0.111 e. The van der Waals surface area contributed by atoms with E-state index in [9.17, 15) is 0 Å². The Bertz CT molecular complexity index is 36.8. The van der Waals surface area contributed by atoms with Crippen LogP contribution in [0.2, 0.25) is 0 Å². The molecule has 2 radical (unpaired) electrons. The van der Waals surface area contributed by atoms with E-state index in [1.165, 1.54) is 6.26 Å². The largest absolute Gasteiger partial charge is 0.376 e.